The first-order chi connectivity index (χ1) is 14.5. The number of nitrogens with one attached hydrogen (secondary N) is 1. The molecule has 0 amide bonds. The number of aromatic nitrogens is 2. The molecule has 0 spiro atoms. The van der Waals surface area contributed by atoms with E-state index >= 15 is 0 Å². The van der Waals surface area contributed by atoms with E-state index in [0.29, 0.717) is 41.7 Å². The first kappa shape index (κ1) is 18.7. The summed E-state index contributed by atoms with van der Waals surface area (Å²) in [5.74, 6) is 0.871. The number of nitrogens with two attached hydrogens (primary N) is 1. The average molecular weight is 407 g/mol. The van der Waals surface area contributed by atoms with E-state index in [1.54, 1.807) is 29.7 Å². The molecular weight excluding hydrogens is 386 g/mol. The quantitative estimate of drug-likeness (QED) is 0.342. The number of nitrogen functional groups attached to an aromatic ring is 1. The van der Waals surface area contributed by atoms with Crippen LogP contribution in [0.15, 0.2) is 42.5 Å². The molecule has 1 fully saturated rings. The number of aliphatic hydroxyl groups is 1. The van der Waals surface area contributed by atoms with Crippen LogP contribution >= 0.6 is 0 Å². The Morgan fingerprint density at radius 3 is 2.80 bits per heavy atom. The number of benzene rings is 2. The van der Waals surface area contributed by atoms with Crippen molar-refractivity contribution >= 4 is 22.7 Å². The van der Waals surface area contributed by atoms with Gasteiger partial charge in [-0.3, -0.25) is 9.88 Å². The van der Waals surface area contributed by atoms with Gasteiger partial charge < -0.3 is 25.1 Å². The predicted octanol–water partition coefficient (Wildman–Crippen LogP) is 1.99. The van der Waals surface area contributed by atoms with Gasteiger partial charge in [0, 0.05) is 11.3 Å². The van der Waals surface area contributed by atoms with Gasteiger partial charge in [0.05, 0.1) is 30.3 Å². The number of rotatable bonds is 3. The average Bonchev–Trinajstić information content (AvgIpc) is 3.39. The molecule has 4 N–H and O–H groups in total. The molecule has 30 heavy (non-hydrogen) atoms. The van der Waals surface area contributed by atoms with Gasteiger partial charge in [0.25, 0.3) is 0 Å². The summed E-state index contributed by atoms with van der Waals surface area (Å²) in [6.45, 7) is 2.60. The Balaban J connectivity index is 1.76. The van der Waals surface area contributed by atoms with E-state index in [9.17, 15) is 10.4 Å². The maximum Gasteiger partial charge on any atom is 0.217 e. The predicted molar refractivity (Wildman–Crippen MR) is 109 cm³/mol. The van der Waals surface area contributed by atoms with Crippen molar-refractivity contribution in [3.05, 3.63) is 48.0 Å². The molecule has 0 unspecified atom stereocenters. The van der Waals surface area contributed by atoms with Crippen LogP contribution in [-0.4, -0.2) is 45.9 Å². The zero-order chi connectivity index (χ0) is 20.9. The number of nitriles is 1. The third kappa shape index (κ3) is 2.69. The lowest BCUT2D eigenvalue weighted by atomic mass is 9.84. The van der Waals surface area contributed by atoms with E-state index in [0.717, 1.165) is 5.52 Å². The Kier molecular flexibility index (Phi) is 4.29. The minimum atomic E-state index is -1.19. The fourth-order valence-electron chi connectivity index (χ4n) is 4.29. The highest BCUT2D eigenvalue weighted by atomic mass is 16.7. The van der Waals surface area contributed by atoms with Crippen LogP contribution in [0.25, 0.3) is 11.0 Å². The van der Waals surface area contributed by atoms with Crippen molar-refractivity contribution < 1.29 is 19.3 Å². The van der Waals surface area contributed by atoms with Crippen LogP contribution in [0.1, 0.15) is 18.5 Å². The number of para-hydroxylation sites is 2. The topological polar surface area (TPSA) is 128 Å². The maximum atomic E-state index is 11.6. The zero-order valence-corrected chi connectivity index (χ0v) is 16.3. The summed E-state index contributed by atoms with van der Waals surface area (Å²) >= 11 is 0. The number of ether oxygens (including phenoxy) is 3. The van der Waals surface area contributed by atoms with Gasteiger partial charge in [0.15, 0.2) is 18.1 Å². The van der Waals surface area contributed by atoms with Crippen molar-refractivity contribution in [2.45, 2.75) is 31.0 Å². The second kappa shape index (κ2) is 6.88. The van der Waals surface area contributed by atoms with E-state index in [4.69, 9.17) is 19.9 Å². The van der Waals surface area contributed by atoms with Crippen molar-refractivity contribution in [2.24, 2.45) is 0 Å². The van der Waals surface area contributed by atoms with Crippen LogP contribution in [0, 0.1) is 11.5 Å². The summed E-state index contributed by atoms with van der Waals surface area (Å²) in [7, 11) is 0. The molecule has 0 bridgehead atoms. The van der Waals surface area contributed by atoms with Crippen LogP contribution in [-0.2, 0) is 9.47 Å². The highest BCUT2D eigenvalue weighted by Gasteiger charge is 2.54. The summed E-state index contributed by atoms with van der Waals surface area (Å²) < 4.78 is 19.5. The van der Waals surface area contributed by atoms with Crippen molar-refractivity contribution in [3.63, 3.8) is 0 Å². The first-order valence-corrected chi connectivity index (χ1v) is 9.64. The van der Waals surface area contributed by atoms with Gasteiger partial charge in [-0.2, -0.15) is 5.26 Å². The molecular formula is C21H21N5O4. The number of fused-ring (bicyclic) bond motifs is 2. The first-order valence-electron chi connectivity index (χ1n) is 9.64. The summed E-state index contributed by atoms with van der Waals surface area (Å²) in [4.78, 5) is 4.54. The van der Waals surface area contributed by atoms with Crippen LogP contribution in [0.3, 0.4) is 0 Å². The Bertz CT molecular complexity index is 1150. The second-order valence-corrected chi connectivity index (χ2v) is 7.58. The molecule has 2 aliphatic rings. The lowest BCUT2D eigenvalue weighted by Crippen LogP contribution is -2.60. The van der Waals surface area contributed by atoms with Gasteiger partial charge in [-0.15, -0.1) is 0 Å². The summed E-state index contributed by atoms with van der Waals surface area (Å²) in [5.41, 5.74) is 7.53. The Morgan fingerprint density at radius 2 is 2.03 bits per heavy atom. The largest absolute Gasteiger partial charge is 0.479 e. The number of aliphatic hydroxyl groups excluding tert-OH is 1. The van der Waals surface area contributed by atoms with Gasteiger partial charge in [-0.1, -0.05) is 12.1 Å². The molecule has 1 saturated heterocycles. The SMILES string of the molecule is C[C@]1(C2OCCO2)Oc2ccc(N)cc2[C@H](n2c(NC#N)nc3ccccc32)[C@H]1O. The van der Waals surface area contributed by atoms with E-state index < -0.39 is 24.0 Å². The van der Waals surface area contributed by atoms with Crippen molar-refractivity contribution in [3.8, 4) is 11.9 Å². The standard InChI is InChI=1S/C21H21N5O4/c1-21(19-28-8-9-29-19)18(27)17(13-10-12(23)6-7-16(13)30-21)26-15-5-3-2-4-14(15)25-20(26)24-11-22/h2-7,10,17-19,27H,8-9,23H2,1H3,(H,24,25)/t17-,18+,21-/m0/s1. The molecule has 0 saturated carbocycles. The molecule has 2 aliphatic heterocycles. The van der Waals surface area contributed by atoms with Crippen molar-refractivity contribution in [1.29, 1.82) is 5.26 Å². The number of hydrogen-bond acceptors (Lipinski definition) is 8. The Hall–Kier alpha value is -3.32. The normalized spacial score (nSPS) is 26.2. The Labute approximate surface area is 172 Å². The molecule has 9 nitrogen and oxygen atoms in total. The number of hydrogen-bond donors (Lipinski definition) is 3. The molecule has 1 aromatic heterocycles. The molecule has 9 heteroatoms. The van der Waals surface area contributed by atoms with Crippen LogP contribution in [0.2, 0.25) is 0 Å². The fraction of sp³-hybridized carbons (Fsp3) is 0.333. The van der Waals surface area contributed by atoms with Crippen LogP contribution < -0.4 is 15.8 Å². The van der Waals surface area contributed by atoms with E-state index in [2.05, 4.69) is 10.3 Å². The Morgan fingerprint density at radius 1 is 1.27 bits per heavy atom. The van der Waals surface area contributed by atoms with E-state index in [-0.39, 0.29) is 0 Å². The maximum absolute atomic E-state index is 11.6. The highest BCUT2D eigenvalue weighted by molar-refractivity contribution is 5.79. The van der Waals surface area contributed by atoms with Crippen molar-refractivity contribution in [2.75, 3.05) is 24.3 Å². The minimum Gasteiger partial charge on any atom is -0.479 e. The van der Waals surface area contributed by atoms with Gasteiger partial charge in [-0.05, 0) is 37.3 Å². The molecule has 154 valence electrons. The monoisotopic (exact) mass is 407 g/mol. The van der Waals surface area contributed by atoms with Crippen molar-refractivity contribution in [1.82, 2.24) is 9.55 Å². The highest BCUT2D eigenvalue weighted by Crippen LogP contribution is 2.47. The lowest BCUT2D eigenvalue weighted by Gasteiger charge is -2.46. The summed E-state index contributed by atoms with van der Waals surface area (Å²) in [5, 5.41) is 23.5. The minimum absolute atomic E-state index is 0.314. The molecule has 3 aromatic rings. The number of nitrogens with zero attached hydrogens (tertiary/aromatic N) is 3. The van der Waals surface area contributed by atoms with Crippen LogP contribution in [0.5, 0.6) is 5.75 Å². The molecule has 0 aliphatic carbocycles. The fourth-order valence-corrected chi connectivity index (χ4v) is 4.29. The van der Waals surface area contributed by atoms with E-state index in [1.165, 1.54) is 0 Å². The molecule has 0 radical (unpaired) electrons. The third-order valence-electron chi connectivity index (χ3n) is 5.70. The van der Waals surface area contributed by atoms with Gasteiger partial charge >= 0.3 is 0 Å². The second-order valence-electron chi connectivity index (χ2n) is 7.58. The third-order valence-corrected chi connectivity index (χ3v) is 5.70. The van der Waals surface area contributed by atoms with E-state index in [1.807, 2.05) is 30.5 Å². The zero-order valence-electron chi connectivity index (χ0n) is 16.3. The van der Waals surface area contributed by atoms with Gasteiger partial charge in [0.1, 0.15) is 11.9 Å². The van der Waals surface area contributed by atoms with Gasteiger partial charge in [-0.25, -0.2) is 4.98 Å². The number of imidazole rings is 1. The molecule has 5 rings (SSSR count). The molecule has 2 aromatic carbocycles. The smallest absolute Gasteiger partial charge is 0.217 e. The number of anilines is 2. The summed E-state index contributed by atoms with van der Waals surface area (Å²) in [6, 6.07) is 12.1. The molecule has 3 heterocycles. The van der Waals surface area contributed by atoms with Gasteiger partial charge in [0.2, 0.25) is 5.95 Å². The molecule has 3 atom stereocenters. The lowest BCUT2D eigenvalue weighted by molar-refractivity contribution is -0.212. The van der Waals surface area contributed by atoms with Crippen LogP contribution in [0.4, 0.5) is 11.6 Å². The summed E-state index contributed by atoms with van der Waals surface area (Å²) in [6.07, 6.45) is 0.0919.